The minimum Gasteiger partial charge on any atom is -0.484 e. The minimum atomic E-state index is 0.0980. The summed E-state index contributed by atoms with van der Waals surface area (Å²) < 4.78 is 7.90. The highest BCUT2D eigenvalue weighted by atomic mass is 35.5. The summed E-state index contributed by atoms with van der Waals surface area (Å²) >= 11 is 6.22. The molecule has 1 heterocycles. The Balaban J connectivity index is 1.91. The van der Waals surface area contributed by atoms with E-state index >= 15 is 0 Å². The maximum atomic E-state index is 13.4. The summed E-state index contributed by atoms with van der Waals surface area (Å²) in [5, 5.41) is 0.552. The Bertz CT molecular complexity index is 991. The van der Waals surface area contributed by atoms with Crippen LogP contribution in [0.3, 0.4) is 0 Å². The summed E-state index contributed by atoms with van der Waals surface area (Å²) in [7, 11) is 0. The molecule has 160 valence electrons. The number of para-hydroxylation sites is 3. The molecule has 0 N–H and O–H groups in total. The van der Waals surface area contributed by atoms with Gasteiger partial charge in [0.1, 0.15) is 24.7 Å². The van der Waals surface area contributed by atoms with Crippen molar-refractivity contribution < 1.29 is 9.53 Å². The van der Waals surface area contributed by atoms with Crippen molar-refractivity contribution in [3.63, 3.8) is 0 Å². The van der Waals surface area contributed by atoms with Gasteiger partial charge in [0, 0.05) is 12.1 Å². The summed E-state index contributed by atoms with van der Waals surface area (Å²) in [6, 6.07) is 15.6. The number of rotatable bonds is 9. The molecular weight excluding hydrogens is 398 g/mol. The number of carbonyl (C=O) groups excluding carboxylic acids is 1. The Labute approximate surface area is 183 Å². The number of amides is 1. The molecule has 5 nitrogen and oxygen atoms in total. The smallest absolute Gasteiger partial charge is 0.243 e. The molecule has 6 heteroatoms. The van der Waals surface area contributed by atoms with E-state index < -0.39 is 0 Å². The molecule has 1 amide bonds. The third-order valence-corrected chi connectivity index (χ3v) is 5.95. The van der Waals surface area contributed by atoms with E-state index in [4.69, 9.17) is 21.3 Å². The fourth-order valence-electron chi connectivity index (χ4n) is 3.65. The summed E-state index contributed by atoms with van der Waals surface area (Å²) in [5.74, 6) is 1.41. The number of benzene rings is 2. The van der Waals surface area contributed by atoms with E-state index in [1.54, 1.807) is 6.07 Å². The van der Waals surface area contributed by atoms with E-state index in [1.807, 2.05) is 51.9 Å². The molecule has 2 atom stereocenters. The van der Waals surface area contributed by atoms with Crippen molar-refractivity contribution in [2.45, 2.75) is 65.8 Å². The predicted octanol–water partition coefficient (Wildman–Crippen LogP) is 5.69. The lowest BCUT2D eigenvalue weighted by atomic mass is 10.1. The van der Waals surface area contributed by atoms with Gasteiger partial charge < -0.3 is 14.2 Å². The Kier molecular flexibility index (Phi) is 7.38. The van der Waals surface area contributed by atoms with Crippen LogP contribution in [0.15, 0.2) is 48.5 Å². The second-order valence-corrected chi connectivity index (χ2v) is 8.04. The molecule has 0 radical (unpaired) electrons. The van der Waals surface area contributed by atoms with Crippen LogP contribution in [0.1, 0.15) is 46.4 Å². The van der Waals surface area contributed by atoms with Gasteiger partial charge in [0.05, 0.1) is 16.1 Å². The average molecular weight is 428 g/mol. The van der Waals surface area contributed by atoms with E-state index in [2.05, 4.69) is 27.7 Å². The number of hydrogen-bond donors (Lipinski definition) is 0. The number of aromatic nitrogens is 2. The van der Waals surface area contributed by atoms with Crippen molar-refractivity contribution in [2.75, 3.05) is 0 Å². The van der Waals surface area contributed by atoms with Crippen molar-refractivity contribution in [3.8, 4) is 5.75 Å². The molecule has 0 saturated carbocycles. The quantitative estimate of drug-likeness (QED) is 0.440. The number of carbonyl (C=O) groups is 1. The fourth-order valence-corrected chi connectivity index (χ4v) is 3.84. The summed E-state index contributed by atoms with van der Waals surface area (Å²) in [6.45, 7) is 8.91. The lowest BCUT2D eigenvalue weighted by molar-refractivity contribution is -0.136. The SMILES string of the molecule is CCC(C)N(C(=O)Cn1c(COc2ccccc2Cl)nc2ccccc21)C(C)CC. The second-order valence-electron chi connectivity index (χ2n) is 7.64. The van der Waals surface area contributed by atoms with E-state index in [0.717, 1.165) is 23.9 Å². The third-order valence-electron chi connectivity index (χ3n) is 5.64. The molecular formula is C24H30ClN3O2. The van der Waals surface area contributed by atoms with Gasteiger partial charge in [0.2, 0.25) is 5.91 Å². The summed E-state index contributed by atoms with van der Waals surface area (Å²) in [5.41, 5.74) is 1.78. The number of halogens is 1. The Morgan fingerprint density at radius 1 is 1.07 bits per heavy atom. The topological polar surface area (TPSA) is 47.4 Å². The molecule has 1 aromatic heterocycles. The van der Waals surface area contributed by atoms with Gasteiger partial charge in [-0.15, -0.1) is 0 Å². The van der Waals surface area contributed by atoms with Gasteiger partial charge in [0.15, 0.2) is 0 Å². The molecule has 0 aliphatic carbocycles. The largest absolute Gasteiger partial charge is 0.484 e. The van der Waals surface area contributed by atoms with E-state index in [9.17, 15) is 4.79 Å². The van der Waals surface area contributed by atoms with Gasteiger partial charge in [-0.25, -0.2) is 4.98 Å². The maximum Gasteiger partial charge on any atom is 0.243 e. The van der Waals surface area contributed by atoms with Crippen LogP contribution in [0.25, 0.3) is 11.0 Å². The normalized spacial score (nSPS) is 13.2. The van der Waals surface area contributed by atoms with Crippen molar-refractivity contribution in [2.24, 2.45) is 0 Å². The molecule has 0 aliphatic rings. The molecule has 3 aromatic rings. The zero-order valence-electron chi connectivity index (χ0n) is 18.1. The van der Waals surface area contributed by atoms with Gasteiger partial charge in [-0.1, -0.05) is 49.7 Å². The fraction of sp³-hybridized carbons (Fsp3) is 0.417. The lowest BCUT2D eigenvalue weighted by Crippen LogP contribution is -2.45. The number of imidazole rings is 1. The van der Waals surface area contributed by atoms with Gasteiger partial charge in [-0.2, -0.15) is 0 Å². The summed E-state index contributed by atoms with van der Waals surface area (Å²) in [6.07, 6.45) is 1.84. The zero-order chi connectivity index (χ0) is 21.7. The predicted molar refractivity (Wildman–Crippen MR) is 122 cm³/mol. The highest BCUT2D eigenvalue weighted by Gasteiger charge is 2.25. The van der Waals surface area contributed by atoms with E-state index in [1.165, 1.54) is 0 Å². The first-order chi connectivity index (χ1) is 14.5. The molecule has 0 bridgehead atoms. The Morgan fingerprint density at radius 3 is 2.37 bits per heavy atom. The first kappa shape index (κ1) is 22.2. The standard InChI is InChI=1S/C24H30ClN3O2/c1-5-17(3)28(18(4)6-2)24(29)15-27-21-13-9-8-12-20(21)26-23(27)16-30-22-14-10-7-11-19(22)25/h7-14,17-18H,5-6,15-16H2,1-4H3. The first-order valence-corrected chi connectivity index (χ1v) is 11.0. The van der Waals surface area contributed by atoms with Gasteiger partial charge in [0.25, 0.3) is 0 Å². The monoisotopic (exact) mass is 427 g/mol. The number of nitrogens with zero attached hydrogens (tertiary/aromatic N) is 3. The molecule has 0 aliphatic heterocycles. The van der Waals surface area contributed by atoms with E-state index in [-0.39, 0.29) is 31.1 Å². The van der Waals surface area contributed by atoms with Crippen molar-refractivity contribution in [1.82, 2.24) is 14.5 Å². The second kappa shape index (κ2) is 9.98. The molecule has 2 aromatic carbocycles. The van der Waals surface area contributed by atoms with E-state index in [0.29, 0.717) is 16.6 Å². The Hall–Kier alpha value is -2.53. The van der Waals surface area contributed by atoms with Gasteiger partial charge >= 0.3 is 0 Å². The van der Waals surface area contributed by atoms with Gasteiger partial charge in [-0.3, -0.25) is 4.79 Å². The maximum absolute atomic E-state index is 13.4. The van der Waals surface area contributed by atoms with Crippen LogP contribution in [-0.2, 0) is 17.9 Å². The van der Waals surface area contributed by atoms with Crippen LogP contribution < -0.4 is 4.74 Å². The molecule has 30 heavy (non-hydrogen) atoms. The highest BCUT2D eigenvalue weighted by Crippen LogP contribution is 2.25. The molecule has 0 fully saturated rings. The zero-order valence-corrected chi connectivity index (χ0v) is 18.9. The summed E-state index contributed by atoms with van der Waals surface area (Å²) in [4.78, 5) is 20.1. The van der Waals surface area contributed by atoms with Crippen molar-refractivity contribution in [1.29, 1.82) is 0 Å². The average Bonchev–Trinajstić information content (AvgIpc) is 3.10. The third kappa shape index (κ3) is 4.78. The first-order valence-electron chi connectivity index (χ1n) is 10.6. The van der Waals surface area contributed by atoms with Crippen LogP contribution >= 0.6 is 11.6 Å². The van der Waals surface area contributed by atoms with Crippen LogP contribution in [0, 0.1) is 0 Å². The number of hydrogen-bond acceptors (Lipinski definition) is 3. The molecule has 0 saturated heterocycles. The van der Waals surface area contributed by atoms with Crippen LogP contribution in [0.5, 0.6) is 5.75 Å². The molecule has 3 rings (SSSR count). The van der Waals surface area contributed by atoms with Gasteiger partial charge in [-0.05, 0) is 51.0 Å². The Morgan fingerprint density at radius 2 is 1.70 bits per heavy atom. The van der Waals surface area contributed by atoms with Crippen molar-refractivity contribution in [3.05, 3.63) is 59.4 Å². The highest BCUT2D eigenvalue weighted by molar-refractivity contribution is 6.32. The minimum absolute atomic E-state index is 0.0980. The van der Waals surface area contributed by atoms with Crippen LogP contribution in [0.2, 0.25) is 5.02 Å². The molecule has 2 unspecified atom stereocenters. The van der Waals surface area contributed by atoms with Crippen molar-refractivity contribution >= 4 is 28.5 Å². The number of ether oxygens (including phenoxy) is 1. The number of fused-ring (bicyclic) bond motifs is 1. The van der Waals surface area contributed by atoms with Crippen LogP contribution in [-0.4, -0.2) is 32.4 Å². The molecule has 0 spiro atoms. The lowest BCUT2D eigenvalue weighted by Gasteiger charge is -2.34. The van der Waals surface area contributed by atoms with Crippen LogP contribution in [0.4, 0.5) is 0 Å².